The van der Waals surface area contributed by atoms with Gasteiger partial charge in [-0.1, -0.05) is 39.5 Å². The molecule has 19 heavy (non-hydrogen) atoms. The molecule has 102 valence electrons. The van der Waals surface area contributed by atoms with Crippen molar-refractivity contribution in [1.29, 1.82) is 0 Å². The fraction of sp³-hybridized carbons (Fsp3) is 0.312. The van der Waals surface area contributed by atoms with Crippen molar-refractivity contribution in [3.8, 4) is 0 Å². The topological polar surface area (TPSA) is 33.1 Å². The SMILES string of the molecule is C=Cc1nc2[nH]c(C)c(C=C)n2c1/C=C\C.CCC. The number of aromatic nitrogens is 3. The summed E-state index contributed by atoms with van der Waals surface area (Å²) < 4.78 is 2.05. The Labute approximate surface area is 115 Å². The van der Waals surface area contributed by atoms with Gasteiger partial charge in [-0.15, -0.1) is 0 Å². The Bertz CT molecular complexity index is 597. The second kappa shape index (κ2) is 6.78. The van der Waals surface area contributed by atoms with Gasteiger partial charge in [-0.25, -0.2) is 4.98 Å². The highest BCUT2D eigenvalue weighted by atomic mass is 15.1. The van der Waals surface area contributed by atoms with Crippen molar-refractivity contribution >= 4 is 24.0 Å². The van der Waals surface area contributed by atoms with Crippen LogP contribution in [0.15, 0.2) is 19.2 Å². The highest BCUT2D eigenvalue weighted by molar-refractivity contribution is 5.66. The summed E-state index contributed by atoms with van der Waals surface area (Å²) in [5.74, 6) is 0.829. The maximum Gasteiger partial charge on any atom is 0.213 e. The molecule has 0 aromatic carbocycles. The Kier molecular flexibility index (Phi) is 5.37. The number of hydrogen-bond acceptors (Lipinski definition) is 1. The van der Waals surface area contributed by atoms with Crippen molar-refractivity contribution < 1.29 is 0 Å². The minimum Gasteiger partial charge on any atom is -0.327 e. The van der Waals surface area contributed by atoms with Gasteiger partial charge in [0.25, 0.3) is 0 Å². The first-order chi connectivity index (χ1) is 9.14. The van der Waals surface area contributed by atoms with E-state index >= 15 is 0 Å². The first-order valence-corrected chi connectivity index (χ1v) is 6.63. The van der Waals surface area contributed by atoms with Crippen molar-refractivity contribution in [2.75, 3.05) is 0 Å². The third-order valence-corrected chi connectivity index (χ3v) is 2.58. The van der Waals surface area contributed by atoms with Gasteiger partial charge >= 0.3 is 0 Å². The van der Waals surface area contributed by atoms with Gasteiger partial charge in [0.1, 0.15) is 0 Å². The molecule has 2 aromatic rings. The zero-order chi connectivity index (χ0) is 14.4. The molecule has 0 atom stereocenters. The van der Waals surface area contributed by atoms with Crippen LogP contribution in [-0.2, 0) is 0 Å². The van der Waals surface area contributed by atoms with Crippen LogP contribution in [0.1, 0.15) is 50.0 Å². The normalized spacial score (nSPS) is 10.5. The molecule has 0 amide bonds. The maximum atomic E-state index is 4.47. The van der Waals surface area contributed by atoms with Crippen molar-refractivity contribution in [1.82, 2.24) is 14.4 Å². The summed E-state index contributed by atoms with van der Waals surface area (Å²) >= 11 is 0. The molecular weight excluding hydrogens is 234 g/mol. The standard InChI is InChI=1S/C13H15N3.C3H8/c1-5-8-12-10(6-2)15-13-14-9(4)11(7-3)16(12)13;1-3-2/h5-8H,2-3H2,1,4H3,(H,14,15);3H2,1-2H3/b8-5-;. The van der Waals surface area contributed by atoms with Crippen LogP contribution in [0.25, 0.3) is 24.0 Å². The number of nitrogens with one attached hydrogen (secondary N) is 1. The summed E-state index contributed by atoms with van der Waals surface area (Å²) in [7, 11) is 0. The predicted molar refractivity (Wildman–Crippen MR) is 85.1 cm³/mol. The van der Waals surface area contributed by atoms with Gasteiger partial charge in [0.05, 0.1) is 17.1 Å². The summed E-state index contributed by atoms with van der Waals surface area (Å²) in [6.45, 7) is 15.9. The number of H-pyrrole nitrogens is 1. The summed E-state index contributed by atoms with van der Waals surface area (Å²) in [6.07, 6.45) is 8.86. The lowest BCUT2D eigenvalue weighted by Crippen LogP contribution is -1.89. The van der Waals surface area contributed by atoms with Gasteiger partial charge in [0, 0.05) is 5.69 Å². The average molecular weight is 257 g/mol. The fourth-order valence-electron chi connectivity index (χ4n) is 1.89. The van der Waals surface area contributed by atoms with Gasteiger partial charge in [-0.2, -0.15) is 0 Å². The molecule has 0 spiro atoms. The molecule has 0 aliphatic rings. The number of hydrogen-bond donors (Lipinski definition) is 1. The lowest BCUT2D eigenvalue weighted by molar-refractivity contribution is 1.09. The number of imidazole rings is 2. The van der Waals surface area contributed by atoms with Crippen molar-refractivity contribution in [3.05, 3.63) is 42.0 Å². The Morgan fingerprint density at radius 2 is 1.84 bits per heavy atom. The molecule has 0 unspecified atom stereocenters. The Morgan fingerprint density at radius 3 is 2.32 bits per heavy atom. The number of aromatic amines is 1. The van der Waals surface area contributed by atoms with Crippen LogP contribution < -0.4 is 0 Å². The molecule has 0 saturated heterocycles. The summed E-state index contributed by atoms with van der Waals surface area (Å²) in [6, 6.07) is 0. The van der Waals surface area contributed by atoms with Gasteiger partial charge in [0.15, 0.2) is 0 Å². The second-order valence-electron chi connectivity index (χ2n) is 4.29. The Hall–Kier alpha value is -2.03. The predicted octanol–water partition coefficient (Wildman–Crippen LogP) is 4.71. The van der Waals surface area contributed by atoms with Crippen molar-refractivity contribution in [3.63, 3.8) is 0 Å². The van der Waals surface area contributed by atoms with E-state index in [1.807, 2.05) is 32.1 Å². The molecule has 0 bridgehead atoms. The van der Waals surface area contributed by atoms with Crippen molar-refractivity contribution in [2.24, 2.45) is 0 Å². The van der Waals surface area contributed by atoms with Gasteiger partial charge < -0.3 is 4.98 Å². The van der Waals surface area contributed by atoms with Crippen molar-refractivity contribution in [2.45, 2.75) is 34.1 Å². The quantitative estimate of drug-likeness (QED) is 0.849. The molecule has 0 aliphatic heterocycles. The molecular formula is C16H23N3. The fourth-order valence-corrected chi connectivity index (χ4v) is 1.89. The summed E-state index contributed by atoms with van der Waals surface area (Å²) in [5.41, 5.74) is 4.03. The van der Waals surface area contributed by atoms with E-state index in [1.165, 1.54) is 6.42 Å². The van der Waals surface area contributed by atoms with E-state index in [4.69, 9.17) is 0 Å². The van der Waals surface area contributed by atoms with E-state index in [-0.39, 0.29) is 0 Å². The Balaban J connectivity index is 0.000000550. The average Bonchev–Trinajstić information content (AvgIpc) is 2.86. The highest BCUT2D eigenvalue weighted by Crippen LogP contribution is 2.20. The number of allylic oxidation sites excluding steroid dienone is 1. The van der Waals surface area contributed by atoms with Gasteiger partial charge in [-0.05, 0) is 32.1 Å². The summed E-state index contributed by atoms with van der Waals surface area (Å²) in [4.78, 5) is 7.70. The molecule has 0 saturated carbocycles. The smallest absolute Gasteiger partial charge is 0.213 e. The van der Waals surface area contributed by atoms with Crippen LogP contribution in [0, 0.1) is 6.92 Å². The van der Waals surface area contributed by atoms with Crippen LogP contribution in [0.5, 0.6) is 0 Å². The summed E-state index contributed by atoms with van der Waals surface area (Å²) in [5, 5.41) is 0. The molecule has 0 radical (unpaired) electrons. The van der Waals surface area contributed by atoms with E-state index in [2.05, 4.69) is 41.4 Å². The minimum absolute atomic E-state index is 0.829. The molecule has 2 heterocycles. The van der Waals surface area contributed by atoms with E-state index in [0.717, 1.165) is 28.6 Å². The third-order valence-electron chi connectivity index (χ3n) is 2.58. The molecule has 0 fully saturated rings. The molecule has 3 nitrogen and oxygen atoms in total. The Morgan fingerprint density at radius 1 is 1.21 bits per heavy atom. The van der Waals surface area contributed by atoms with Crippen LogP contribution in [-0.4, -0.2) is 14.4 Å². The monoisotopic (exact) mass is 257 g/mol. The zero-order valence-electron chi connectivity index (χ0n) is 12.3. The number of nitrogens with zero attached hydrogens (tertiary/aromatic N) is 2. The van der Waals surface area contributed by atoms with Crippen LogP contribution in [0.2, 0.25) is 0 Å². The molecule has 1 N–H and O–H groups in total. The lowest BCUT2D eigenvalue weighted by atomic mass is 10.2. The minimum atomic E-state index is 0.829. The van der Waals surface area contributed by atoms with Crippen LogP contribution >= 0.6 is 0 Å². The highest BCUT2D eigenvalue weighted by Gasteiger charge is 2.13. The number of aryl methyl sites for hydroxylation is 1. The van der Waals surface area contributed by atoms with Gasteiger partial charge in [-0.3, -0.25) is 4.40 Å². The van der Waals surface area contributed by atoms with Gasteiger partial charge in [0.2, 0.25) is 5.78 Å². The van der Waals surface area contributed by atoms with E-state index in [9.17, 15) is 0 Å². The van der Waals surface area contributed by atoms with E-state index < -0.39 is 0 Å². The lowest BCUT2D eigenvalue weighted by Gasteiger charge is -1.97. The second-order valence-corrected chi connectivity index (χ2v) is 4.29. The van der Waals surface area contributed by atoms with Crippen LogP contribution in [0.4, 0.5) is 0 Å². The molecule has 0 aliphatic carbocycles. The van der Waals surface area contributed by atoms with E-state index in [0.29, 0.717) is 0 Å². The van der Waals surface area contributed by atoms with Crippen LogP contribution in [0.3, 0.4) is 0 Å². The number of fused-ring (bicyclic) bond motifs is 1. The largest absolute Gasteiger partial charge is 0.327 e. The van der Waals surface area contributed by atoms with E-state index in [1.54, 1.807) is 6.08 Å². The first-order valence-electron chi connectivity index (χ1n) is 6.63. The zero-order valence-corrected chi connectivity index (χ0v) is 12.3. The molecule has 2 rings (SSSR count). The number of rotatable bonds is 3. The maximum absolute atomic E-state index is 4.47. The first kappa shape index (κ1) is 15.0. The molecule has 2 aromatic heterocycles. The molecule has 3 heteroatoms. The third kappa shape index (κ3) is 2.87.